The number of hydrogen-bond donors (Lipinski definition) is 0. The number of furan rings is 1. The number of ether oxygens (including phenoxy) is 2. The van der Waals surface area contributed by atoms with Crippen molar-refractivity contribution in [2.45, 2.75) is 37.7 Å². The number of rotatable bonds is 5. The third kappa shape index (κ3) is 3.29. The zero-order valence-electron chi connectivity index (χ0n) is 13.9. The van der Waals surface area contributed by atoms with Crippen molar-refractivity contribution in [1.29, 1.82) is 0 Å². The molecule has 1 heterocycles. The number of benzene rings is 1. The highest BCUT2D eigenvalue weighted by atomic mass is 19.1. The third-order valence-electron chi connectivity index (χ3n) is 4.63. The van der Waals surface area contributed by atoms with Crippen molar-refractivity contribution in [2.24, 2.45) is 0 Å². The van der Waals surface area contributed by atoms with Crippen LogP contribution in [-0.2, 0) is 26.3 Å². The van der Waals surface area contributed by atoms with Gasteiger partial charge in [0, 0.05) is 5.56 Å². The largest absolute Gasteiger partial charge is 0.463 e. The Balaban J connectivity index is 1.75. The van der Waals surface area contributed by atoms with Gasteiger partial charge in [-0.05, 0) is 31.0 Å². The Hall–Kier alpha value is -2.63. The van der Waals surface area contributed by atoms with E-state index in [1.165, 1.54) is 19.2 Å². The highest BCUT2D eigenvalue weighted by molar-refractivity contribution is 5.86. The van der Waals surface area contributed by atoms with Crippen LogP contribution in [0.15, 0.2) is 40.8 Å². The second-order valence-corrected chi connectivity index (χ2v) is 6.10. The molecule has 1 aromatic heterocycles. The van der Waals surface area contributed by atoms with E-state index in [-0.39, 0.29) is 12.4 Å². The standard InChI is InChI=1S/C19H19FO5/c1-23-17(21)16-9-8-13(25-16)12-24-18(22)19(10-4-5-11-19)14-6-2-3-7-15(14)20/h2-3,6-9H,4-5,10-12H2,1H3. The minimum Gasteiger partial charge on any atom is -0.463 e. The van der Waals surface area contributed by atoms with Crippen LogP contribution in [-0.4, -0.2) is 19.0 Å². The molecule has 2 aromatic rings. The van der Waals surface area contributed by atoms with Crippen LogP contribution in [0.4, 0.5) is 4.39 Å². The molecule has 0 atom stereocenters. The molecule has 0 N–H and O–H groups in total. The van der Waals surface area contributed by atoms with Gasteiger partial charge in [0.05, 0.1) is 12.5 Å². The lowest BCUT2D eigenvalue weighted by Gasteiger charge is -2.27. The smallest absolute Gasteiger partial charge is 0.373 e. The number of hydrogen-bond acceptors (Lipinski definition) is 5. The van der Waals surface area contributed by atoms with Crippen molar-refractivity contribution in [2.75, 3.05) is 7.11 Å². The van der Waals surface area contributed by atoms with Crippen LogP contribution in [0.3, 0.4) is 0 Å². The fraction of sp³-hybridized carbons (Fsp3) is 0.368. The van der Waals surface area contributed by atoms with Crippen molar-refractivity contribution in [3.63, 3.8) is 0 Å². The third-order valence-corrected chi connectivity index (χ3v) is 4.63. The zero-order valence-corrected chi connectivity index (χ0v) is 13.9. The first-order valence-corrected chi connectivity index (χ1v) is 8.16. The van der Waals surface area contributed by atoms with Crippen LogP contribution in [0, 0.1) is 5.82 Å². The first kappa shape index (κ1) is 17.2. The molecule has 132 valence electrons. The molecule has 5 nitrogen and oxygen atoms in total. The van der Waals surface area contributed by atoms with Crippen LogP contribution < -0.4 is 0 Å². The fourth-order valence-electron chi connectivity index (χ4n) is 3.35. The summed E-state index contributed by atoms with van der Waals surface area (Å²) >= 11 is 0. The predicted molar refractivity (Wildman–Crippen MR) is 86.4 cm³/mol. The van der Waals surface area contributed by atoms with Gasteiger partial charge >= 0.3 is 11.9 Å². The van der Waals surface area contributed by atoms with E-state index in [1.54, 1.807) is 24.3 Å². The molecule has 1 aromatic carbocycles. The molecule has 0 unspecified atom stereocenters. The molecule has 0 aliphatic heterocycles. The summed E-state index contributed by atoms with van der Waals surface area (Å²) in [6.45, 7) is -0.119. The minimum absolute atomic E-state index is 0.0400. The summed E-state index contributed by atoms with van der Waals surface area (Å²) in [5.74, 6) is -1.09. The molecule has 0 spiro atoms. The van der Waals surface area contributed by atoms with Crippen molar-refractivity contribution >= 4 is 11.9 Å². The number of methoxy groups -OCH3 is 1. The zero-order chi connectivity index (χ0) is 17.9. The lowest BCUT2D eigenvalue weighted by atomic mass is 9.78. The van der Waals surface area contributed by atoms with E-state index >= 15 is 0 Å². The van der Waals surface area contributed by atoms with Gasteiger partial charge in [0.25, 0.3) is 0 Å². The van der Waals surface area contributed by atoms with Crippen molar-refractivity contribution in [3.05, 3.63) is 59.3 Å². The molecular weight excluding hydrogens is 327 g/mol. The van der Waals surface area contributed by atoms with E-state index in [1.807, 2.05) is 0 Å². The molecule has 1 aliphatic carbocycles. The Morgan fingerprint density at radius 3 is 2.56 bits per heavy atom. The van der Waals surface area contributed by atoms with Gasteiger partial charge in [-0.3, -0.25) is 4.79 Å². The van der Waals surface area contributed by atoms with Gasteiger partial charge in [0.1, 0.15) is 18.2 Å². The SMILES string of the molecule is COC(=O)c1ccc(COC(=O)C2(c3ccccc3F)CCCC2)o1. The molecule has 0 radical (unpaired) electrons. The second-order valence-electron chi connectivity index (χ2n) is 6.10. The number of carbonyl (C=O) groups is 2. The first-order chi connectivity index (χ1) is 12.1. The van der Waals surface area contributed by atoms with Gasteiger partial charge in [-0.15, -0.1) is 0 Å². The van der Waals surface area contributed by atoms with Crippen LogP contribution in [0.1, 0.15) is 47.6 Å². The average Bonchev–Trinajstić information content (AvgIpc) is 3.29. The lowest BCUT2D eigenvalue weighted by Crippen LogP contribution is -2.35. The van der Waals surface area contributed by atoms with E-state index in [0.717, 1.165) is 12.8 Å². The van der Waals surface area contributed by atoms with Crippen LogP contribution >= 0.6 is 0 Å². The van der Waals surface area contributed by atoms with E-state index in [2.05, 4.69) is 4.74 Å². The monoisotopic (exact) mass is 346 g/mol. The summed E-state index contributed by atoms with van der Waals surface area (Å²) in [5, 5.41) is 0. The molecule has 6 heteroatoms. The van der Waals surface area contributed by atoms with Crippen LogP contribution in [0.5, 0.6) is 0 Å². The molecule has 0 amide bonds. The molecule has 0 saturated heterocycles. The van der Waals surface area contributed by atoms with Crippen molar-refractivity contribution < 1.29 is 27.9 Å². The molecule has 3 rings (SSSR count). The van der Waals surface area contributed by atoms with Crippen molar-refractivity contribution in [3.8, 4) is 0 Å². The lowest BCUT2D eigenvalue weighted by molar-refractivity contribution is -0.152. The Bertz CT molecular complexity index is 774. The van der Waals surface area contributed by atoms with Gasteiger partial charge < -0.3 is 13.9 Å². The Morgan fingerprint density at radius 1 is 1.16 bits per heavy atom. The summed E-state index contributed by atoms with van der Waals surface area (Å²) < 4.78 is 29.5. The summed E-state index contributed by atoms with van der Waals surface area (Å²) in [5.41, 5.74) is -0.574. The second kappa shape index (κ2) is 7.09. The topological polar surface area (TPSA) is 65.7 Å². The summed E-state index contributed by atoms with van der Waals surface area (Å²) in [7, 11) is 1.25. The van der Waals surface area contributed by atoms with Crippen molar-refractivity contribution in [1.82, 2.24) is 0 Å². The van der Waals surface area contributed by atoms with Crippen LogP contribution in [0.2, 0.25) is 0 Å². The van der Waals surface area contributed by atoms with E-state index in [9.17, 15) is 14.0 Å². The fourth-order valence-corrected chi connectivity index (χ4v) is 3.35. The summed E-state index contributed by atoms with van der Waals surface area (Å²) in [6, 6.07) is 9.33. The molecular formula is C19H19FO5. The Morgan fingerprint density at radius 2 is 1.88 bits per heavy atom. The maximum atomic E-state index is 14.3. The van der Waals surface area contributed by atoms with Gasteiger partial charge in [-0.2, -0.15) is 0 Å². The quantitative estimate of drug-likeness (QED) is 0.771. The first-order valence-electron chi connectivity index (χ1n) is 8.16. The number of carbonyl (C=O) groups excluding carboxylic acids is 2. The van der Waals surface area contributed by atoms with Crippen LogP contribution in [0.25, 0.3) is 0 Å². The Labute approximate surface area is 144 Å². The highest BCUT2D eigenvalue weighted by Crippen LogP contribution is 2.43. The molecule has 1 aliphatic rings. The van der Waals surface area contributed by atoms with E-state index in [4.69, 9.17) is 9.15 Å². The molecule has 25 heavy (non-hydrogen) atoms. The molecule has 1 fully saturated rings. The predicted octanol–water partition coefficient (Wildman–Crippen LogP) is 3.76. The van der Waals surface area contributed by atoms with E-state index < -0.39 is 23.2 Å². The maximum Gasteiger partial charge on any atom is 0.373 e. The van der Waals surface area contributed by atoms with Gasteiger partial charge in [-0.1, -0.05) is 31.0 Å². The number of esters is 2. The number of halogens is 1. The van der Waals surface area contributed by atoms with E-state index in [0.29, 0.717) is 24.2 Å². The average molecular weight is 346 g/mol. The highest BCUT2D eigenvalue weighted by Gasteiger charge is 2.45. The molecule has 0 bridgehead atoms. The Kier molecular flexibility index (Phi) is 4.88. The van der Waals surface area contributed by atoms with Gasteiger partial charge in [0.15, 0.2) is 0 Å². The molecule has 1 saturated carbocycles. The van der Waals surface area contributed by atoms with Gasteiger partial charge in [-0.25, -0.2) is 9.18 Å². The summed E-state index contributed by atoms with van der Waals surface area (Å²) in [4.78, 5) is 24.2. The summed E-state index contributed by atoms with van der Waals surface area (Å²) in [6.07, 6.45) is 2.80. The normalized spacial score (nSPS) is 15.8. The maximum absolute atomic E-state index is 14.3. The van der Waals surface area contributed by atoms with Gasteiger partial charge in [0.2, 0.25) is 5.76 Å². The minimum atomic E-state index is -0.955.